The van der Waals surface area contributed by atoms with E-state index in [-0.39, 0.29) is 18.3 Å². The third-order valence-corrected chi connectivity index (χ3v) is 2.67. The number of hydrogen-bond donors (Lipinski definition) is 1. The van der Waals surface area contributed by atoms with Crippen molar-refractivity contribution in [1.82, 2.24) is 0 Å². The van der Waals surface area contributed by atoms with Crippen LogP contribution in [0.1, 0.15) is 18.4 Å². The fourth-order valence-electron chi connectivity index (χ4n) is 1.65. The summed E-state index contributed by atoms with van der Waals surface area (Å²) >= 11 is 0. The second kappa shape index (κ2) is 3.99. The molecule has 0 saturated heterocycles. The first-order valence-electron chi connectivity index (χ1n) is 5.01. The van der Waals surface area contributed by atoms with Gasteiger partial charge in [0.1, 0.15) is 5.82 Å². The standard InChI is InChI=1S/C13H13FO/c1-9(8-15)10-2-3-12-7-13(14)5-4-11(12)6-10/h2-7,9,15H,8H2,1H3. The SMILES string of the molecule is CC(CO)c1ccc2cc(F)ccc2c1. The molecule has 0 fully saturated rings. The summed E-state index contributed by atoms with van der Waals surface area (Å²) in [6, 6.07) is 10.6. The lowest BCUT2D eigenvalue weighted by atomic mass is 9.98. The van der Waals surface area contributed by atoms with E-state index < -0.39 is 0 Å². The van der Waals surface area contributed by atoms with Crippen LogP contribution in [0.15, 0.2) is 36.4 Å². The van der Waals surface area contributed by atoms with Gasteiger partial charge in [-0.2, -0.15) is 0 Å². The van der Waals surface area contributed by atoms with Crippen molar-refractivity contribution >= 4 is 10.8 Å². The summed E-state index contributed by atoms with van der Waals surface area (Å²) < 4.78 is 12.9. The maximum absolute atomic E-state index is 12.9. The molecule has 0 spiro atoms. The average molecular weight is 204 g/mol. The molecule has 2 aromatic carbocycles. The molecule has 0 aliphatic rings. The van der Waals surface area contributed by atoms with Crippen LogP contribution in [0.2, 0.25) is 0 Å². The van der Waals surface area contributed by atoms with Crippen LogP contribution >= 0.6 is 0 Å². The highest BCUT2D eigenvalue weighted by atomic mass is 19.1. The van der Waals surface area contributed by atoms with Crippen LogP contribution in [-0.4, -0.2) is 11.7 Å². The van der Waals surface area contributed by atoms with Gasteiger partial charge in [-0.15, -0.1) is 0 Å². The predicted molar refractivity (Wildman–Crippen MR) is 59.4 cm³/mol. The molecule has 1 unspecified atom stereocenters. The molecule has 0 radical (unpaired) electrons. The van der Waals surface area contributed by atoms with Gasteiger partial charge in [0.25, 0.3) is 0 Å². The van der Waals surface area contributed by atoms with Gasteiger partial charge >= 0.3 is 0 Å². The van der Waals surface area contributed by atoms with Crippen LogP contribution in [0.25, 0.3) is 10.8 Å². The second-order valence-electron chi connectivity index (χ2n) is 3.83. The number of halogens is 1. The van der Waals surface area contributed by atoms with E-state index in [9.17, 15) is 4.39 Å². The van der Waals surface area contributed by atoms with Gasteiger partial charge in [0.15, 0.2) is 0 Å². The third kappa shape index (κ3) is 2.00. The van der Waals surface area contributed by atoms with Gasteiger partial charge in [-0.1, -0.05) is 31.2 Å². The fourth-order valence-corrected chi connectivity index (χ4v) is 1.65. The van der Waals surface area contributed by atoms with Crippen molar-refractivity contribution in [3.8, 4) is 0 Å². The summed E-state index contributed by atoms with van der Waals surface area (Å²) in [5, 5.41) is 10.9. The third-order valence-electron chi connectivity index (χ3n) is 2.67. The van der Waals surface area contributed by atoms with E-state index in [4.69, 9.17) is 5.11 Å². The number of hydrogen-bond acceptors (Lipinski definition) is 1. The Kier molecular flexibility index (Phi) is 2.69. The molecule has 15 heavy (non-hydrogen) atoms. The Balaban J connectivity index is 2.52. The zero-order valence-corrected chi connectivity index (χ0v) is 8.57. The van der Waals surface area contributed by atoms with E-state index in [0.717, 1.165) is 16.3 Å². The molecule has 0 aromatic heterocycles. The Labute approximate surface area is 88.2 Å². The van der Waals surface area contributed by atoms with Crippen LogP contribution in [0.4, 0.5) is 4.39 Å². The molecule has 0 heterocycles. The molecule has 0 amide bonds. The predicted octanol–water partition coefficient (Wildman–Crippen LogP) is 3.07. The van der Waals surface area contributed by atoms with E-state index in [0.29, 0.717) is 0 Å². The molecule has 0 bridgehead atoms. The largest absolute Gasteiger partial charge is 0.396 e. The van der Waals surface area contributed by atoms with Crippen molar-refractivity contribution < 1.29 is 9.50 Å². The minimum absolute atomic E-state index is 0.124. The molecular weight excluding hydrogens is 191 g/mol. The zero-order valence-electron chi connectivity index (χ0n) is 8.57. The Hall–Kier alpha value is -1.41. The lowest BCUT2D eigenvalue weighted by Crippen LogP contribution is -1.98. The van der Waals surface area contributed by atoms with Gasteiger partial charge in [-0.05, 0) is 28.5 Å². The lowest BCUT2D eigenvalue weighted by Gasteiger charge is -2.09. The normalized spacial score (nSPS) is 13.0. The second-order valence-corrected chi connectivity index (χ2v) is 3.83. The van der Waals surface area contributed by atoms with Crippen molar-refractivity contribution in [2.24, 2.45) is 0 Å². The molecule has 2 aromatic rings. The summed E-state index contributed by atoms with van der Waals surface area (Å²) in [7, 11) is 0. The van der Waals surface area contributed by atoms with Crippen LogP contribution < -0.4 is 0 Å². The molecule has 0 aliphatic heterocycles. The molecule has 0 aliphatic carbocycles. The summed E-state index contributed by atoms with van der Waals surface area (Å²) in [5.41, 5.74) is 1.08. The molecule has 2 heteroatoms. The first-order valence-corrected chi connectivity index (χ1v) is 5.01. The Morgan fingerprint density at radius 3 is 2.53 bits per heavy atom. The zero-order chi connectivity index (χ0) is 10.8. The van der Waals surface area contributed by atoms with E-state index in [2.05, 4.69) is 0 Å². The number of aliphatic hydroxyl groups is 1. The smallest absolute Gasteiger partial charge is 0.123 e. The number of rotatable bonds is 2. The van der Waals surface area contributed by atoms with Crippen molar-refractivity contribution in [3.05, 3.63) is 47.8 Å². The van der Waals surface area contributed by atoms with Gasteiger partial charge in [0, 0.05) is 12.5 Å². The molecule has 78 valence electrons. The van der Waals surface area contributed by atoms with Crippen LogP contribution in [0.5, 0.6) is 0 Å². The van der Waals surface area contributed by atoms with Crippen molar-refractivity contribution in [3.63, 3.8) is 0 Å². The summed E-state index contributed by atoms with van der Waals surface area (Å²) in [4.78, 5) is 0. The molecular formula is C13H13FO. The number of benzene rings is 2. The van der Waals surface area contributed by atoms with Gasteiger partial charge in [0.2, 0.25) is 0 Å². The highest BCUT2D eigenvalue weighted by molar-refractivity contribution is 5.83. The minimum Gasteiger partial charge on any atom is -0.396 e. The molecule has 2 rings (SSSR count). The van der Waals surface area contributed by atoms with E-state index in [1.165, 1.54) is 12.1 Å². The summed E-state index contributed by atoms with van der Waals surface area (Å²) in [6.07, 6.45) is 0. The molecule has 1 N–H and O–H groups in total. The maximum atomic E-state index is 12.9. The Morgan fingerprint density at radius 2 is 1.80 bits per heavy atom. The highest BCUT2D eigenvalue weighted by Gasteiger charge is 2.04. The monoisotopic (exact) mass is 204 g/mol. The first kappa shape index (κ1) is 10.1. The fraction of sp³-hybridized carbons (Fsp3) is 0.231. The first-order chi connectivity index (χ1) is 7.20. The van der Waals surface area contributed by atoms with Crippen LogP contribution in [0.3, 0.4) is 0 Å². The van der Waals surface area contributed by atoms with E-state index in [1.54, 1.807) is 6.07 Å². The Bertz CT molecular complexity index is 479. The highest BCUT2D eigenvalue weighted by Crippen LogP contribution is 2.22. The van der Waals surface area contributed by atoms with Gasteiger partial charge in [0.05, 0.1) is 0 Å². The van der Waals surface area contributed by atoms with Gasteiger partial charge in [-0.25, -0.2) is 4.39 Å². The average Bonchev–Trinajstić information content (AvgIpc) is 2.27. The van der Waals surface area contributed by atoms with E-state index in [1.807, 2.05) is 25.1 Å². The quantitative estimate of drug-likeness (QED) is 0.797. The topological polar surface area (TPSA) is 20.2 Å². The maximum Gasteiger partial charge on any atom is 0.123 e. The van der Waals surface area contributed by atoms with Crippen molar-refractivity contribution in [1.29, 1.82) is 0 Å². The molecule has 1 nitrogen and oxygen atoms in total. The molecule has 1 atom stereocenters. The Morgan fingerprint density at radius 1 is 1.13 bits per heavy atom. The van der Waals surface area contributed by atoms with Crippen LogP contribution in [0, 0.1) is 5.82 Å². The summed E-state index contributed by atoms with van der Waals surface area (Å²) in [6.45, 7) is 2.09. The minimum atomic E-state index is -0.217. The van der Waals surface area contributed by atoms with Gasteiger partial charge in [-0.3, -0.25) is 0 Å². The summed E-state index contributed by atoms with van der Waals surface area (Å²) in [5.74, 6) is -0.0927. The molecule has 0 saturated carbocycles. The van der Waals surface area contributed by atoms with E-state index >= 15 is 0 Å². The number of fused-ring (bicyclic) bond motifs is 1. The van der Waals surface area contributed by atoms with Crippen molar-refractivity contribution in [2.75, 3.05) is 6.61 Å². The van der Waals surface area contributed by atoms with Crippen LogP contribution in [-0.2, 0) is 0 Å². The van der Waals surface area contributed by atoms with Gasteiger partial charge < -0.3 is 5.11 Å². The lowest BCUT2D eigenvalue weighted by molar-refractivity contribution is 0.273. The van der Waals surface area contributed by atoms with Crippen molar-refractivity contribution in [2.45, 2.75) is 12.8 Å². The number of aliphatic hydroxyl groups excluding tert-OH is 1.